The van der Waals surface area contributed by atoms with E-state index in [4.69, 9.17) is 15.1 Å². The number of carbonyl (C=O) groups is 1. The number of hydrogen-bond acceptors (Lipinski definition) is 4. The van der Waals surface area contributed by atoms with E-state index in [1.807, 2.05) is 35.7 Å². The van der Waals surface area contributed by atoms with Crippen LogP contribution in [0.2, 0.25) is 0 Å². The first-order chi connectivity index (χ1) is 16.9. The van der Waals surface area contributed by atoms with Gasteiger partial charge in [-0.1, -0.05) is 12.1 Å². The molecule has 1 aliphatic rings. The molecule has 0 unspecified atom stereocenters. The molecule has 0 amide bonds. The van der Waals surface area contributed by atoms with Crippen molar-refractivity contribution >= 4 is 11.9 Å². The summed E-state index contributed by atoms with van der Waals surface area (Å²) < 4.78 is 35.8. The largest absolute Gasteiger partial charge is 0.478 e. The van der Waals surface area contributed by atoms with Crippen LogP contribution in [0, 0.1) is 48.1 Å². The summed E-state index contributed by atoms with van der Waals surface area (Å²) in [5.41, 5.74) is 0.700. The van der Waals surface area contributed by atoms with E-state index in [2.05, 4.69) is 28.9 Å². The lowest BCUT2D eigenvalue weighted by atomic mass is 9.84. The first-order valence-corrected chi connectivity index (χ1v) is 12.5. The molecule has 0 fully saturated rings. The van der Waals surface area contributed by atoms with E-state index in [-0.39, 0.29) is 16.9 Å². The molecule has 1 radical (unpaired) electrons. The van der Waals surface area contributed by atoms with Crippen molar-refractivity contribution in [1.82, 2.24) is 0 Å². The Morgan fingerprint density at radius 3 is 1.81 bits per heavy atom. The molecular formula is C28H31F2IN3O3. The monoisotopic (exact) mass is 622 g/mol. The summed E-state index contributed by atoms with van der Waals surface area (Å²) in [5, 5.41) is 26.9. The third-order valence-corrected chi connectivity index (χ3v) is 8.02. The van der Waals surface area contributed by atoms with Gasteiger partial charge in [0, 0.05) is 13.8 Å². The highest BCUT2D eigenvalue weighted by Crippen LogP contribution is 2.29. The Morgan fingerprint density at radius 1 is 1.00 bits per heavy atom. The fraction of sp³-hybridized carbons (Fsp3) is 0.429. The molecule has 0 atom stereocenters. The number of halogens is 3. The van der Waals surface area contributed by atoms with Crippen molar-refractivity contribution in [3.05, 3.63) is 69.3 Å². The lowest BCUT2D eigenvalue weighted by Gasteiger charge is -2.19. The van der Waals surface area contributed by atoms with Crippen LogP contribution in [0.15, 0.2) is 24.3 Å². The molecule has 197 valence electrons. The van der Waals surface area contributed by atoms with Crippen LogP contribution in [-0.4, -0.2) is 31.9 Å². The summed E-state index contributed by atoms with van der Waals surface area (Å²) in [6, 6.07) is 10.2. The van der Waals surface area contributed by atoms with Crippen LogP contribution in [0.3, 0.4) is 0 Å². The highest BCUT2D eigenvalue weighted by molar-refractivity contribution is 5.93. The Balaban J connectivity index is 0.000000271. The summed E-state index contributed by atoms with van der Waals surface area (Å²) in [6.07, 6.45) is 0. The summed E-state index contributed by atoms with van der Waals surface area (Å²) in [4.78, 5) is 10.8. The van der Waals surface area contributed by atoms with Crippen LogP contribution in [-0.2, 0) is 15.6 Å². The number of nitrogens with zero attached hydrogens (tertiary/aromatic N) is 3. The van der Waals surface area contributed by atoms with Crippen molar-refractivity contribution in [2.45, 2.75) is 71.8 Å². The molecule has 2 aromatic carbocycles. The molecule has 0 spiro atoms. The Hall–Kier alpha value is -3.05. The first kappa shape index (κ1) is 30.2. The number of benzene rings is 2. The van der Waals surface area contributed by atoms with E-state index in [9.17, 15) is 18.8 Å². The standard InChI is InChI=1S/C16H19FIN2O.C12H12FNO2/c1-10-6-11(15(2,3)8-19)7-12(17)13(10)14-20(18)16(4,5)9-21-14;1-7-4-8(12(2,3)6-14)5-9(13)10(7)11(15)16/h6-7H,9H2,1-5H3;4-5H,1-3H3,(H,15,16). The molecule has 2 aromatic rings. The van der Waals surface area contributed by atoms with E-state index in [0.29, 0.717) is 34.8 Å². The Kier molecular flexibility index (Phi) is 8.76. The van der Waals surface area contributed by atoms with E-state index < -0.39 is 22.6 Å². The lowest BCUT2D eigenvalue weighted by Crippen LogP contribution is -3.40. The van der Waals surface area contributed by atoms with Crippen molar-refractivity contribution in [2.24, 2.45) is 0 Å². The molecule has 1 heterocycles. The number of nitriles is 2. The van der Waals surface area contributed by atoms with Gasteiger partial charge in [0.15, 0.2) is 12.1 Å². The van der Waals surface area contributed by atoms with Crippen LogP contribution in [0.25, 0.3) is 0 Å². The molecule has 6 nitrogen and oxygen atoms in total. The molecule has 0 saturated carbocycles. The summed E-state index contributed by atoms with van der Waals surface area (Å²) in [5.74, 6) is -1.89. The zero-order valence-electron chi connectivity index (χ0n) is 22.3. The Morgan fingerprint density at radius 2 is 1.46 bits per heavy atom. The van der Waals surface area contributed by atoms with Gasteiger partial charge < -0.3 is 35.5 Å². The van der Waals surface area contributed by atoms with Gasteiger partial charge in [-0.3, -0.25) is 0 Å². The van der Waals surface area contributed by atoms with Crippen molar-refractivity contribution in [3.8, 4) is 12.1 Å². The van der Waals surface area contributed by atoms with E-state index >= 15 is 0 Å². The first-order valence-electron chi connectivity index (χ1n) is 11.5. The molecular weight excluding hydrogens is 591 g/mol. The van der Waals surface area contributed by atoms with E-state index in [1.54, 1.807) is 27.7 Å². The highest BCUT2D eigenvalue weighted by Gasteiger charge is 2.38. The van der Waals surface area contributed by atoms with Crippen LogP contribution < -0.4 is 22.9 Å². The lowest BCUT2D eigenvalue weighted by molar-refractivity contribution is -1.08. The quantitative estimate of drug-likeness (QED) is 0.418. The molecule has 1 aliphatic heterocycles. The highest BCUT2D eigenvalue weighted by atomic mass is 127. The Bertz CT molecular complexity index is 1320. The maximum absolute atomic E-state index is 14.6. The average molecular weight is 622 g/mol. The third-order valence-electron chi connectivity index (χ3n) is 6.28. The predicted octanol–water partition coefficient (Wildman–Crippen LogP) is 2.61. The fourth-order valence-electron chi connectivity index (χ4n) is 3.68. The normalized spacial score (nSPS) is 14.7. The minimum atomic E-state index is -1.30. The van der Waals surface area contributed by atoms with Gasteiger partial charge in [0.1, 0.15) is 17.2 Å². The van der Waals surface area contributed by atoms with Gasteiger partial charge in [0.25, 0.3) is 0 Å². The number of carboxylic acids is 1. The minimum absolute atomic E-state index is 0.167. The number of ether oxygens (including phenoxy) is 1. The maximum Gasteiger partial charge on any atom is 0.349 e. The second kappa shape index (κ2) is 10.7. The summed E-state index contributed by atoms with van der Waals surface area (Å²) in [6.45, 7) is 14.9. The maximum atomic E-state index is 14.6. The molecule has 0 bridgehead atoms. The van der Waals surface area contributed by atoms with E-state index in [1.165, 1.54) is 19.1 Å². The SMILES string of the molecule is Cc1cc(C(C)(C)C#N)cc(F)c1C(=O)O.Cc1cc(C(C)(C)C#N)cc(F)c1C1=[N+]([I-])C(C)(C)CO1. The van der Waals surface area contributed by atoms with Gasteiger partial charge in [-0.15, -0.1) is 0 Å². The number of aromatic carboxylic acids is 1. The summed E-state index contributed by atoms with van der Waals surface area (Å²) in [7, 11) is 0. The van der Waals surface area contributed by atoms with E-state index in [0.717, 1.165) is 11.6 Å². The second-order valence-electron chi connectivity index (χ2n) is 10.8. The predicted molar refractivity (Wildman–Crippen MR) is 131 cm³/mol. The van der Waals surface area contributed by atoms with Crippen LogP contribution in [0.1, 0.15) is 79.7 Å². The molecule has 37 heavy (non-hydrogen) atoms. The number of carboxylic acid groups (broad SMARTS) is 1. The van der Waals surface area contributed by atoms with Crippen molar-refractivity contribution in [3.63, 3.8) is 0 Å². The minimum Gasteiger partial charge on any atom is -0.478 e. The third kappa shape index (κ3) is 6.27. The molecule has 0 aromatic heterocycles. The van der Waals surface area contributed by atoms with Gasteiger partial charge in [0.05, 0.1) is 28.5 Å². The number of rotatable bonds is 4. The summed E-state index contributed by atoms with van der Waals surface area (Å²) >= 11 is 2.16. The van der Waals surface area contributed by atoms with Crippen molar-refractivity contribution in [2.75, 3.05) is 6.61 Å². The van der Waals surface area contributed by atoms with Gasteiger partial charge in [0.2, 0.25) is 0 Å². The second-order valence-corrected chi connectivity index (χ2v) is 11.7. The van der Waals surface area contributed by atoms with Crippen molar-refractivity contribution in [1.29, 1.82) is 10.5 Å². The fourth-order valence-corrected chi connectivity index (χ4v) is 4.20. The van der Waals surface area contributed by atoms with Crippen LogP contribution in [0.5, 0.6) is 0 Å². The van der Waals surface area contributed by atoms with Gasteiger partial charge >= 0.3 is 11.9 Å². The van der Waals surface area contributed by atoms with Gasteiger partial charge in [-0.2, -0.15) is 10.5 Å². The molecule has 0 aliphatic carbocycles. The zero-order chi connectivity index (χ0) is 28.5. The topological polar surface area (TPSA) is 97.1 Å². The smallest absolute Gasteiger partial charge is 0.349 e. The molecule has 3 rings (SSSR count). The molecule has 9 heteroatoms. The number of hydrogen-bond donors (Lipinski definition) is 1. The van der Waals surface area contributed by atoms with Gasteiger partial charge in [-0.25, -0.2) is 13.6 Å². The van der Waals surface area contributed by atoms with Crippen molar-refractivity contribution < 1.29 is 49.1 Å². The Labute approximate surface area is 230 Å². The average Bonchev–Trinajstić information content (AvgIpc) is 3.05. The van der Waals surface area contributed by atoms with Crippen LogP contribution >= 0.6 is 0 Å². The number of aryl methyl sites for hydroxylation is 2. The van der Waals surface area contributed by atoms with Crippen LogP contribution in [0.4, 0.5) is 8.78 Å². The van der Waals surface area contributed by atoms with Gasteiger partial charge in [-0.05, 0) is 75.9 Å². The zero-order valence-corrected chi connectivity index (χ0v) is 24.4. The molecule has 1 N–H and O–H groups in total. The molecule has 0 saturated heterocycles.